The van der Waals surface area contributed by atoms with Gasteiger partial charge >= 0.3 is 0 Å². The van der Waals surface area contributed by atoms with Gasteiger partial charge in [-0.1, -0.05) is 11.6 Å². The predicted molar refractivity (Wildman–Crippen MR) is 77.3 cm³/mol. The predicted octanol–water partition coefficient (Wildman–Crippen LogP) is 3.43. The minimum Gasteiger partial charge on any atom is -0.385 e. The fourth-order valence-corrected chi connectivity index (χ4v) is 2.56. The second-order valence-electron chi connectivity index (χ2n) is 4.90. The smallest absolute Gasteiger partial charge is 0.231 e. The van der Waals surface area contributed by atoms with Gasteiger partial charge in [-0.05, 0) is 43.0 Å². The van der Waals surface area contributed by atoms with Crippen molar-refractivity contribution in [2.75, 3.05) is 5.32 Å². The van der Waals surface area contributed by atoms with Crippen molar-refractivity contribution < 1.29 is 9.50 Å². The van der Waals surface area contributed by atoms with Crippen LogP contribution in [0.4, 0.5) is 16.0 Å². The summed E-state index contributed by atoms with van der Waals surface area (Å²) in [5.41, 5.74) is -0.164. The molecule has 1 aromatic carbocycles. The van der Waals surface area contributed by atoms with Crippen LogP contribution in [-0.4, -0.2) is 20.1 Å². The number of aliphatic hydroxyl groups is 1. The van der Waals surface area contributed by atoms with Gasteiger partial charge in [0, 0.05) is 11.3 Å². The molecule has 0 aliphatic heterocycles. The Hall–Kier alpha value is -1.50. The molecule has 1 heterocycles. The maximum atomic E-state index is 13.7. The molecular weight excluding hydrogens is 318 g/mol. The molecule has 1 aliphatic carbocycles. The van der Waals surface area contributed by atoms with E-state index < -0.39 is 11.4 Å². The lowest BCUT2D eigenvalue weighted by Gasteiger charge is -2.38. The third kappa shape index (κ3) is 2.79. The van der Waals surface area contributed by atoms with Crippen LogP contribution in [0.15, 0.2) is 18.5 Å². The van der Waals surface area contributed by atoms with Gasteiger partial charge < -0.3 is 10.4 Å². The molecular formula is C13H11Cl2FN4O. The zero-order chi connectivity index (χ0) is 15.0. The van der Waals surface area contributed by atoms with Crippen LogP contribution in [-0.2, 0) is 5.60 Å². The van der Waals surface area contributed by atoms with Crippen molar-refractivity contribution in [1.29, 1.82) is 0 Å². The summed E-state index contributed by atoms with van der Waals surface area (Å²) in [6.45, 7) is 0. The Morgan fingerprint density at radius 3 is 2.62 bits per heavy atom. The van der Waals surface area contributed by atoms with E-state index in [0.717, 1.165) is 6.42 Å². The van der Waals surface area contributed by atoms with Gasteiger partial charge in [0.1, 0.15) is 12.1 Å². The first-order chi connectivity index (χ1) is 9.98. The first kappa shape index (κ1) is 14.4. The first-order valence-corrected chi connectivity index (χ1v) is 7.07. The van der Waals surface area contributed by atoms with E-state index in [9.17, 15) is 9.50 Å². The van der Waals surface area contributed by atoms with E-state index in [1.165, 1.54) is 18.5 Å². The van der Waals surface area contributed by atoms with Gasteiger partial charge in [-0.2, -0.15) is 4.98 Å². The molecule has 0 spiro atoms. The summed E-state index contributed by atoms with van der Waals surface area (Å²) in [6.07, 6.45) is 3.28. The first-order valence-electron chi connectivity index (χ1n) is 6.31. The van der Waals surface area contributed by atoms with Crippen molar-refractivity contribution in [1.82, 2.24) is 15.0 Å². The van der Waals surface area contributed by atoms with E-state index in [0.29, 0.717) is 24.1 Å². The van der Waals surface area contributed by atoms with Gasteiger partial charge in [0.2, 0.25) is 11.2 Å². The van der Waals surface area contributed by atoms with Crippen LogP contribution in [0.3, 0.4) is 0 Å². The molecule has 110 valence electrons. The summed E-state index contributed by atoms with van der Waals surface area (Å²) >= 11 is 11.5. The Morgan fingerprint density at radius 1 is 1.24 bits per heavy atom. The normalized spacial score (nSPS) is 16.4. The number of anilines is 2. The van der Waals surface area contributed by atoms with E-state index >= 15 is 0 Å². The Kier molecular flexibility index (Phi) is 3.69. The average Bonchev–Trinajstić information content (AvgIpc) is 2.40. The number of rotatable bonds is 3. The maximum absolute atomic E-state index is 13.7. The van der Waals surface area contributed by atoms with Gasteiger partial charge in [-0.15, -0.1) is 0 Å². The summed E-state index contributed by atoms with van der Waals surface area (Å²) in [6, 6.07) is 2.65. The number of nitrogens with one attached hydrogen (secondary N) is 1. The van der Waals surface area contributed by atoms with Gasteiger partial charge in [-0.3, -0.25) is 0 Å². The van der Waals surface area contributed by atoms with E-state index in [-0.39, 0.29) is 16.3 Å². The minimum absolute atomic E-state index is 0.0321. The fraction of sp³-hybridized carbons (Fsp3) is 0.308. The number of aromatic nitrogens is 3. The summed E-state index contributed by atoms with van der Waals surface area (Å²) < 4.78 is 13.7. The van der Waals surface area contributed by atoms with Gasteiger partial charge in [0.05, 0.1) is 10.6 Å². The Bertz CT molecular complexity index is 694. The molecule has 8 heteroatoms. The number of hydrogen-bond donors (Lipinski definition) is 2. The largest absolute Gasteiger partial charge is 0.385 e. The van der Waals surface area contributed by atoms with Gasteiger partial charge in [-0.25, -0.2) is 14.4 Å². The van der Waals surface area contributed by atoms with Crippen molar-refractivity contribution >= 4 is 34.8 Å². The zero-order valence-electron chi connectivity index (χ0n) is 10.8. The molecule has 5 nitrogen and oxygen atoms in total. The van der Waals surface area contributed by atoms with Crippen LogP contribution in [0.1, 0.15) is 24.8 Å². The second-order valence-corrected chi connectivity index (χ2v) is 5.65. The third-order valence-electron chi connectivity index (χ3n) is 3.53. The van der Waals surface area contributed by atoms with Crippen LogP contribution in [0.25, 0.3) is 0 Å². The van der Waals surface area contributed by atoms with Gasteiger partial charge in [0.25, 0.3) is 0 Å². The molecule has 21 heavy (non-hydrogen) atoms. The van der Waals surface area contributed by atoms with E-state index in [4.69, 9.17) is 23.2 Å². The average molecular weight is 329 g/mol. The van der Waals surface area contributed by atoms with Crippen LogP contribution >= 0.6 is 23.2 Å². The summed E-state index contributed by atoms with van der Waals surface area (Å²) in [5, 5.41) is 13.4. The fourth-order valence-electron chi connectivity index (χ4n) is 2.27. The zero-order valence-corrected chi connectivity index (χ0v) is 12.3. The molecule has 2 N–H and O–H groups in total. The monoisotopic (exact) mass is 328 g/mol. The van der Waals surface area contributed by atoms with Crippen molar-refractivity contribution in [3.8, 4) is 0 Å². The molecule has 0 atom stereocenters. The molecule has 0 amide bonds. The van der Waals surface area contributed by atoms with E-state index in [1.54, 1.807) is 0 Å². The highest BCUT2D eigenvalue weighted by molar-refractivity contribution is 6.31. The van der Waals surface area contributed by atoms with E-state index in [2.05, 4.69) is 20.3 Å². The minimum atomic E-state index is -1.05. The molecule has 0 saturated heterocycles. The molecule has 1 aliphatic rings. The van der Waals surface area contributed by atoms with Gasteiger partial charge in [0.15, 0.2) is 0 Å². The highest BCUT2D eigenvalue weighted by Crippen LogP contribution is 2.45. The standard InChI is InChI=1S/C13H11Cl2FN4O/c14-8-5-10(19-12-18-6-17-11(15)20-12)7(4-9(8)16)13(21)2-1-3-13/h4-6,21H,1-3H2,(H,17,18,19,20). The van der Waals surface area contributed by atoms with Crippen LogP contribution in [0, 0.1) is 5.82 Å². The molecule has 3 rings (SSSR count). The Morgan fingerprint density at radius 2 is 2.00 bits per heavy atom. The highest BCUT2D eigenvalue weighted by atomic mass is 35.5. The lowest BCUT2D eigenvalue weighted by atomic mass is 9.74. The van der Waals surface area contributed by atoms with Crippen molar-refractivity contribution in [2.24, 2.45) is 0 Å². The quantitative estimate of drug-likeness (QED) is 0.903. The number of halogens is 3. The summed E-state index contributed by atoms with van der Waals surface area (Å²) in [4.78, 5) is 11.5. The molecule has 1 aromatic heterocycles. The summed E-state index contributed by atoms with van der Waals surface area (Å²) in [5.74, 6) is -0.381. The number of nitrogens with zero attached hydrogens (tertiary/aromatic N) is 3. The Labute approximate surface area is 130 Å². The number of benzene rings is 1. The highest BCUT2D eigenvalue weighted by Gasteiger charge is 2.38. The second kappa shape index (κ2) is 5.36. The van der Waals surface area contributed by atoms with Crippen molar-refractivity contribution in [2.45, 2.75) is 24.9 Å². The van der Waals surface area contributed by atoms with Crippen molar-refractivity contribution in [3.05, 3.63) is 40.1 Å². The lowest BCUT2D eigenvalue weighted by molar-refractivity contribution is -0.0383. The molecule has 2 aromatic rings. The van der Waals surface area contributed by atoms with Crippen molar-refractivity contribution in [3.63, 3.8) is 0 Å². The molecule has 0 radical (unpaired) electrons. The maximum Gasteiger partial charge on any atom is 0.231 e. The van der Waals surface area contributed by atoms with E-state index in [1.807, 2.05) is 0 Å². The topological polar surface area (TPSA) is 70.9 Å². The Balaban J connectivity index is 2.02. The molecule has 1 fully saturated rings. The van der Waals surface area contributed by atoms with Crippen LogP contribution < -0.4 is 5.32 Å². The molecule has 0 unspecified atom stereocenters. The third-order valence-corrected chi connectivity index (χ3v) is 4.00. The summed E-state index contributed by atoms with van der Waals surface area (Å²) in [7, 11) is 0. The number of hydrogen-bond acceptors (Lipinski definition) is 5. The SMILES string of the molecule is OC1(c2cc(F)c(Cl)cc2Nc2ncnc(Cl)n2)CCC1. The molecule has 1 saturated carbocycles. The molecule has 0 bridgehead atoms. The lowest BCUT2D eigenvalue weighted by Crippen LogP contribution is -2.34. The van der Waals surface area contributed by atoms with Crippen LogP contribution in [0.5, 0.6) is 0 Å². The van der Waals surface area contributed by atoms with Crippen LogP contribution in [0.2, 0.25) is 10.3 Å².